The molecule has 0 amide bonds. The number of ether oxygens (including phenoxy) is 1. The number of carbonyl (C=O) groups excluding carboxylic acids is 3. The van der Waals surface area contributed by atoms with Crippen molar-refractivity contribution in [3.05, 3.63) is 23.8 Å². The summed E-state index contributed by atoms with van der Waals surface area (Å²) >= 11 is 0. The highest BCUT2D eigenvalue weighted by Gasteiger charge is 2.71. The summed E-state index contributed by atoms with van der Waals surface area (Å²) < 4.78 is 5.42. The Labute approximate surface area is 217 Å². The molecule has 0 heterocycles. The molecule has 0 aromatic carbocycles. The molecule has 198 valence electrons. The Hall–Kier alpha value is -1.71. The van der Waals surface area contributed by atoms with E-state index >= 15 is 0 Å². The van der Waals surface area contributed by atoms with Crippen molar-refractivity contribution in [3.8, 4) is 0 Å². The van der Waals surface area contributed by atoms with Gasteiger partial charge in [-0.25, -0.2) is 0 Å². The van der Waals surface area contributed by atoms with Gasteiger partial charge in [0.25, 0.3) is 0 Å². The lowest BCUT2D eigenvalue weighted by Crippen LogP contribution is -2.66. The van der Waals surface area contributed by atoms with Gasteiger partial charge in [-0.1, -0.05) is 60.6 Å². The van der Waals surface area contributed by atoms with E-state index in [2.05, 4.69) is 55.0 Å². The van der Waals surface area contributed by atoms with Crippen LogP contribution in [0.1, 0.15) is 99.8 Å². The van der Waals surface area contributed by atoms with E-state index in [0.717, 1.165) is 44.9 Å². The normalized spacial score (nSPS) is 47.1. The van der Waals surface area contributed by atoms with Crippen molar-refractivity contribution < 1.29 is 19.1 Å². The Morgan fingerprint density at radius 3 is 2.25 bits per heavy atom. The SMILES string of the molecule is C=C1C[C@]2(C)C3=CC(=O)[C@@H]4[C@@H]5CC(C)(C)CC[C@]5(C(=O)OC)CC[C@@]4(C)[C@]3(C)CC[C@H]2C(C)(C)C1=O. The van der Waals surface area contributed by atoms with Crippen LogP contribution in [-0.2, 0) is 19.1 Å². The Balaban J connectivity index is 1.67. The van der Waals surface area contributed by atoms with Gasteiger partial charge in [0.15, 0.2) is 11.6 Å². The number of methoxy groups -OCH3 is 1. The third-order valence-corrected chi connectivity index (χ3v) is 12.6. The summed E-state index contributed by atoms with van der Waals surface area (Å²) in [6.45, 7) is 20.0. The Bertz CT molecular complexity index is 1090. The van der Waals surface area contributed by atoms with E-state index in [-0.39, 0.29) is 56.9 Å². The first kappa shape index (κ1) is 25.9. The second kappa shape index (κ2) is 7.44. The molecular weight excluding hydrogens is 448 g/mol. The smallest absolute Gasteiger partial charge is 0.312 e. The molecule has 5 aliphatic carbocycles. The van der Waals surface area contributed by atoms with Crippen LogP contribution in [-0.4, -0.2) is 24.6 Å². The fourth-order valence-corrected chi connectivity index (χ4v) is 10.5. The van der Waals surface area contributed by atoms with Crippen LogP contribution in [0.5, 0.6) is 0 Å². The van der Waals surface area contributed by atoms with Crippen LogP contribution in [0.15, 0.2) is 23.8 Å². The minimum absolute atomic E-state index is 0.000514. The first-order valence-electron chi connectivity index (χ1n) is 14.1. The highest BCUT2D eigenvalue weighted by Crippen LogP contribution is 2.75. The molecule has 0 spiro atoms. The molecule has 5 rings (SSSR count). The zero-order valence-corrected chi connectivity index (χ0v) is 23.8. The van der Waals surface area contributed by atoms with Gasteiger partial charge in [-0.05, 0) is 96.5 Å². The molecule has 5 aliphatic rings. The fraction of sp³-hybridized carbons (Fsp3) is 0.781. The fourth-order valence-electron chi connectivity index (χ4n) is 10.5. The first-order chi connectivity index (χ1) is 16.5. The summed E-state index contributed by atoms with van der Waals surface area (Å²) in [5.41, 5.74) is 0.368. The predicted octanol–water partition coefficient (Wildman–Crippen LogP) is 6.88. The highest BCUT2D eigenvalue weighted by molar-refractivity contribution is 6.01. The zero-order chi connectivity index (χ0) is 26.7. The van der Waals surface area contributed by atoms with Crippen LogP contribution in [0, 0.1) is 50.2 Å². The molecule has 0 saturated heterocycles. The summed E-state index contributed by atoms with van der Waals surface area (Å²) in [5, 5.41) is 0. The van der Waals surface area contributed by atoms with Gasteiger partial charge in [-0.2, -0.15) is 0 Å². The van der Waals surface area contributed by atoms with Gasteiger partial charge in [-0.3, -0.25) is 14.4 Å². The number of allylic oxidation sites excluding steroid dienone is 3. The molecule has 0 N–H and O–H groups in total. The Morgan fingerprint density at radius 1 is 0.972 bits per heavy atom. The van der Waals surface area contributed by atoms with Crippen LogP contribution in [0.3, 0.4) is 0 Å². The van der Waals surface area contributed by atoms with E-state index in [1.807, 2.05) is 6.08 Å². The van der Waals surface area contributed by atoms with Gasteiger partial charge in [0.2, 0.25) is 0 Å². The zero-order valence-electron chi connectivity index (χ0n) is 23.8. The number of hydrogen-bond acceptors (Lipinski definition) is 4. The lowest BCUT2D eigenvalue weighted by molar-refractivity contribution is -0.192. The topological polar surface area (TPSA) is 60.4 Å². The second-order valence-corrected chi connectivity index (χ2v) is 15.2. The second-order valence-electron chi connectivity index (χ2n) is 15.2. The van der Waals surface area contributed by atoms with Crippen LogP contribution >= 0.6 is 0 Å². The third kappa shape index (κ3) is 2.96. The molecule has 36 heavy (non-hydrogen) atoms. The number of rotatable bonds is 1. The van der Waals surface area contributed by atoms with Crippen molar-refractivity contribution in [2.24, 2.45) is 50.2 Å². The minimum atomic E-state index is -0.555. The number of Topliss-reactive ketones (excluding diaryl/α,β-unsaturated/α-hetero) is 1. The summed E-state index contributed by atoms with van der Waals surface area (Å²) in [4.78, 5) is 40.9. The summed E-state index contributed by atoms with van der Waals surface area (Å²) in [5.74, 6) is 0.284. The van der Waals surface area contributed by atoms with Gasteiger partial charge in [0.05, 0.1) is 12.5 Å². The Morgan fingerprint density at radius 2 is 1.61 bits per heavy atom. The van der Waals surface area contributed by atoms with Gasteiger partial charge in [0, 0.05) is 11.3 Å². The summed E-state index contributed by atoms with van der Waals surface area (Å²) in [6.07, 6.45) is 8.90. The number of ketones is 2. The van der Waals surface area contributed by atoms with Crippen molar-refractivity contribution in [2.45, 2.75) is 99.8 Å². The molecule has 4 fully saturated rings. The Kier molecular flexibility index (Phi) is 5.36. The molecule has 4 nitrogen and oxygen atoms in total. The first-order valence-corrected chi connectivity index (χ1v) is 14.1. The molecule has 0 unspecified atom stereocenters. The van der Waals surface area contributed by atoms with Crippen molar-refractivity contribution in [1.29, 1.82) is 0 Å². The van der Waals surface area contributed by atoms with E-state index in [0.29, 0.717) is 12.0 Å². The van der Waals surface area contributed by atoms with Crippen molar-refractivity contribution in [1.82, 2.24) is 0 Å². The maximum Gasteiger partial charge on any atom is 0.312 e. The van der Waals surface area contributed by atoms with Crippen LogP contribution < -0.4 is 0 Å². The molecule has 7 atom stereocenters. The van der Waals surface area contributed by atoms with E-state index in [4.69, 9.17) is 4.74 Å². The third-order valence-electron chi connectivity index (χ3n) is 12.6. The maximum absolute atomic E-state index is 14.4. The van der Waals surface area contributed by atoms with Crippen molar-refractivity contribution in [3.63, 3.8) is 0 Å². The minimum Gasteiger partial charge on any atom is -0.469 e. The highest BCUT2D eigenvalue weighted by atomic mass is 16.5. The van der Waals surface area contributed by atoms with Crippen LogP contribution in [0.25, 0.3) is 0 Å². The lowest BCUT2D eigenvalue weighted by Gasteiger charge is -2.69. The maximum atomic E-state index is 14.4. The number of carbonyl (C=O) groups is 3. The average Bonchev–Trinajstić information content (AvgIpc) is 2.78. The summed E-state index contributed by atoms with van der Waals surface area (Å²) in [6, 6.07) is 0. The van der Waals surface area contributed by atoms with Gasteiger partial charge < -0.3 is 4.74 Å². The average molecular weight is 495 g/mol. The van der Waals surface area contributed by atoms with Crippen molar-refractivity contribution >= 4 is 17.5 Å². The monoisotopic (exact) mass is 494 g/mol. The van der Waals surface area contributed by atoms with E-state index in [9.17, 15) is 14.4 Å². The van der Waals surface area contributed by atoms with Gasteiger partial charge >= 0.3 is 5.97 Å². The predicted molar refractivity (Wildman–Crippen MR) is 141 cm³/mol. The molecule has 0 aromatic rings. The number of hydrogen-bond donors (Lipinski definition) is 0. The molecular formula is C32H46O4. The van der Waals surface area contributed by atoms with E-state index in [1.54, 1.807) is 0 Å². The molecule has 0 aromatic heterocycles. The van der Waals surface area contributed by atoms with E-state index < -0.39 is 10.8 Å². The number of fused-ring (bicyclic) bond motifs is 7. The quantitative estimate of drug-likeness (QED) is 0.295. The lowest BCUT2D eigenvalue weighted by atomic mass is 9.33. The molecule has 4 saturated carbocycles. The van der Waals surface area contributed by atoms with Crippen LogP contribution in [0.4, 0.5) is 0 Å². The molecule has 0 radical (unpaired) electrons. The van der Waals surface area contributed by atoms with E-state index in [1.165, 1.54) is 12.7 Å². The number of esters is 1. The molecule has 4 heteroatoms. The standard InChI is InChI=1S/C32H46O4/c1-19-17-29(6)22(28(4,5)25(19)34)10-11-30(7)23(29)16-21(33)24-20-18-27(2,3)12-14-32(20,26(35)36-9)15-13-31(24,30)8/h16,20,22,24H,1,10-15,17-18H2,2-9H3/t20-,22-,24-,29-,30+,31+,32-/m0/s1. The van der Waals surface area contributed by atoms with Crippen molar-refractivity contribution in [2.75, 3.05) is 7.11 Å². The summed E-state index contributed by atoms with van der Waals surface area (Å²) in [7, 11) is 1.50. The van der Waals surface area contributed by atoms with Crippen LogP contribution in [0.2, 0.25) is 0 Å². The van der Waals surface area contributed by atoms with Gasteiger partial charge in [0.1, 0.15) is 0 Å². The molecule has 0 bridgehead atoms. The van der Waals surface area contributed by atoms with Gasteiger partial charge in [-0.15, -0.1) is 0 Å². The largest absolute Gasteiger partial charge is 0.469 e. The molecule has 0 aliphatic heterocycles.